The number of rotatable bonds is 4. The SMILES string of the molecule is CCOC(=O)C(N)=C1CN(C(=O)OC(C)(C)C)CC(C)C1=NCc1ccc(F)cc1. The maximum absolute atomic E-state index is 13.1. The van der Waals surface area contributed by atoms with Crippen LogP contribution in [0.5, 0.6) is 0 Å². The minimum atomic E-state index is -0.653. The molecule has 1 amide bonds. The van der Waals surface area contributed by atoms with Gasteiger partial charge in [0.1, 0.15) is 17.1 Å². The van der Waals surface area contributed by atoms with Crippen LogP contribution < -0.4 is 5.73 Å². The molecule has 164 valence electrons. The third-order valence-corrected chi connectivity index (χ3v) is 4.44. The van der Waals surface area contributed by atoms with Crippen molar-refractivity contribution in [3.8, 4) is 0 Å². The number of ether oxygens (including phenoxy) is 2. The molecule has 8 heteroatoms. The summed E-state index contributed by atoms with van der Waals surface area (Å²) in [6.45, 7) is 9.90. The van der Waals surface area contributed by atoms with E-state index in [1.165, 1.54) is 17.0 Å². The Kier molecular flexibility index (Phi) is 7.59. The second-order valence-electron chi connectivity index (χ2n) is 8.20. The monoisotopic (exact) mass is 419 g/mol. The van der Waals surface area contributed by atoms with Crippen molar-refractivity contribution >= 4 is 17.8 Å². The second-order valence-corrected chi connectivity index (χ2v) is 8.20. The number of esters is 1. The first-order valence-electron chi connectivity index (χ1n) is 9.94. The maximum atomic E-state index is 13.1. The Morgan fingerprint density at radius 2 is 1.90 bits per heavy atom. The maximum Gasteiger partial charge on any atom is 0.410 e. The fourth-order valence-electron chi connectivity index (χ4n) is 3.09. The van der Waals surface area contributed by atoms with E-state index in [4.69, 9.17) is 15.2 Å². The predicted octanol–water partition coefficient (Wildman–Crippen LogP) is 3.43. The summed E-state index contributed by atoms with van der Waals surface area (Å²) >= 11 is 0. The molecule has 1 aliphatic heterocycles. The summed E-state index contributed by atoms with van der Waals surface area (Å²) < 4.78 is 23.7. The smallest absolute Gasteiger partial charge is 0.410 e. The number of likely N-dealkylation sites (tertiary alicyclic amines) is 1. The minimum Gasteiger partial charge on any atom is -0.461 e. The quantitative estimate of drug-likeness (QED) is 0.596. The second kappa shape index (κ2) is 9.73. The summed E-state index contributed by atoms with van der Waals surface area (Å²) in [5.74, 6) is -1.16. The van der Waals surface area contributed by atoms with Crippen LogP contribution in [0, 0.1) is 11.7 Å². The summed E-state index contributed by atoms with van der Waals surface area (Å²) in [5, 5.41) is 0. The molecule has 1 fully saturated rings. The molecular formula is C22H30FN3O4. The van der Waals surface area contributed by atoms with Crippen LogP contribution in [0.1, 0.15) is 40.2 Å². The Morgan fingerprint density at radius 1 is 1.27 bits per heavy atom. The largest absolute Gasteiger partial charge is 0.461 e. The fraction of sp³-hybridized carbons (Fsp3) is 0.500. The predicted molar refractivity (Wildman–Crippen MR) is 112 cm³/mol. The molecule has 30 heavy (non-hydrogen) atoms. The highest BCUT2D eigenvalue weighted by molar-refractivity contribution is 6.09. The average molecular weight is 419 g/mol. The number of aliphatic imine (C=N–C) groups is 1. The Labute approximate surface area is 176 Å². The molecule has 1 heterocycles. The van der Waals surface area contributed by atoms with Crippen LogP contribution in [0.4, 0.5) is 9.18 Å². The van der Waals surface area contributed by atoms with E-state index in [9.17, 15) is 14.0 Å². The van der Waals surface area contributed by atoms with E-state index in [1.54, 1.807) is 39.8 Å². The van der Waals surface area contributed by atoms with Crippen molar-refractivity contribution in [1.82, 2.24) is 4.90 Å². The summed E-state index contributed by atoms with van der Waals surface area (Å²) in [6.07, 6.45) is -0.485. The normalized spacial score (nSPS) is 20.1. The molecule has 1 unspecified atom stereocenters. The van der Waals surface area contributed by atoms with Gasteiger partial charge in [0.2, 0.25) is 0 Å². The van der Waals surface area contributed by atoms with Crippen molar-refractivity contribution in [2.75, 3.05) is 19.7 Å². The van der Waals surface area contributed by atoms with Crippen LogP contribution >= 0.6 is 0 Å². The average Bonchev–Trinajstić information content (AvgIpc) is 2.66. The Morgan fingerprint density at radius 3 is 2.47 bits per heavy atom. The van der Waals surface area contributed by atoms with E-state index in [-0.39, 0.29) is 30.6 Å². The molecule has 0 spiro atoms. The lowest BCUT2D eigenvalue weighted by atomic mass is 9.91. The highest BCUT2D eigenvalue weighted by atomic mass is 19.1. The number of hydrogen-bond donors (Lipinski definition) is 1. The van der Waals surface area contributed by atoms with E-state index < -0.39 is 17.7 Å². The molecule has 0 aliphatic carbocycles. The van der Waals surface area contributed by atoms with Crippen molar-refractivity contribution < 1.29 is 23.5 Å². The molecule has 1 aliphatic rings. The van der Waals surface area contributed by atoms with Gasteiger partial charge in [-0.2, -0.15) is 0 Å². The van der Waals surface area contributed by atoms with Gasteiger partial charge in [0, 0.05) is 23.7 Å². The third-order valence-electron chi connectivity index (χ3n) is 4.44. The first-order valence-corrected chi connectivity index (χ1v) is 9.94. The van der Waals surface area contributed by atoms with Gasteiger partial charge in [0.25, 0.3) is 0 Å². The number of hydrogen-bond acceptors (Lipinski definition) is 6. The van der Waals surface area contributed by atoms with Gasteiger partial charge in [0.15, 0.2) is 0 Å². The molecule has 1 saturated heterocycles. The molecule has 0 aromatic heterocycles. The van der Waals surface area contributed by atoms with Crippen LogP contribution in [-0.2, 0) is 20.8 Å². The lowest BCUT2D eigenvalue weighted by Crippen LogP contribution is -2.48. The summed E-state index contributed by atoms with van der Waals surface area (Å²) in [5.41, 5.74) is 7.28. The Bertz CT molecular complexity index is 841. The van der Waals surface area contributed by atoms with E-state index in [1.807, 2.05) is 6.92 Å². The first kappa shape index (κ1) is 23.4. The number of carbonyl (C=O) groups is 2. The Hall–Kier alpha value is -2.90. The summed E-state index contributed by atoms with van der Waals surface area (Å²) in [6, 6.07) is 6.04. The zero-order chi connectivity index (χ0) is 22.5. The first-order chi connectivity index (χ1) is 14.0. The highest BCUT2D eigenvalue weighted by Crippen LogP contribution is 2.24. The zero-order valence-corrected chi connectivity index (χ0v) is 18.2. The van der Waals surface area contributed by atoms with Crippen LogP contribution in [0.2, 0.25) is 0 Å². The van der Waals surface area contributed by atoms with Gasteiger partial charge in [-0.25, -0.2) is 14.0 Å². The van der Waals surface area contributed by atoms with Crippen LogP contribution in [0.3, 0.4) is 0 Å². The van der Waals surface area contributed by atoms with Gasteiger partial charge < -0.3 is 20.1 Å². The third kappa shape index (κ3) is 6.30. The summed E-state index contributed by atoms with van der Waals surface area (Å²) in [4.78, 5) is 31.0. The highest BCUT2D eigenvalue weighted by Gasteiger charge is 2.34. The lowest BCUT2D eigenvalue weighted by molar-refractivity contribution is -0.138. The number of nitrogens with two attached hydrogens (primary N) is 1. The molecule has 1 aromatic rings. The van der Waals surface area contributed by atoms with Gasteiger partial charge in [-0.3, -0.25) is 4.99 Å². The zero-order valence-electron chi connectivity index (χ0n) is 18.2. The Balaban J connectivity index is 2.36. The molecule has 2 N–H and O–H groups in total. The molecule has 1 aromatic carbocycles. The van der Waals surface area contributed by atoms with Crippen molar-refractivity contribution in [3.63, 3.8) is 0 Å². The molecule has 0 saturated carbocycles. The van der Waals surface area contributed by atoms with E-state index in [0.29, 0.717) is 24.4 Å². The van der Waals surface area contributed by atoms with Crippen LogP contribution in [-0.4, -0.2) is 48.0 Å². The summed E-state index contributed by atoms with van der Waals surface area (Å²) in [7, 11) is 0. The number of amides is 1. The molecule has 2 rings (SSSR count). The van der Waals surface area contributed by atoms with E-state index >= 15 is 0 Å². The van der Waals surface area contributed by atoms with E-state index in [0.717, 1.165) is 5.56 Å². The number of piperidine rings is 1. The van der Waals surface area contributed by atoms with Gasteiger partial charge in [-0.1, -0.05) is 19.1 Å². The van der Waals surface area contributed by atoms with Crippen LogP contribution in [0.25, 0.3) is 0 Å². The number of nitrogens with zero attached hydrogens (tertiary/aromatic N) is 2. The molecule has 0 radical (unpaired) electrons. The van der Waals surface area contributed by atoms with Gasteiger partial charge in [0.05, 0.1) is 19.7 Å². The van der Waals surface area contributed by atoms with Crippen molar-refractivity contribution in [2.45, 2.75) is 46.8 Å². The standard InChI is InChI=1S/C22H30FN3O4/c1-6-29-20(27)18(24)17-13-26(21(28)30-22(3,4)5)12-14(2)19(17)25-11-15-7-9-16(23)10-8-15/h7-10,14H,6,11-13,24H2,1-5H3. The van der Waals surface area contributed by atoms with Crippen LogP contribution in [0.15, 0.2) is 40.5 Å². The van der Waals surface area contributed by atoms with Crippen molar-refractivity contribution in [1.29, 1.82) is 0 Å². The number of halogens is 1. The molecular weight excluding hydrogens is 389 g/mol. The minimum absolute atomic E-state index is 0.0742. The van der Waals surface area contributed by atoms with Crippen molar-refractivity contribution in [3.05, 3.63) is 46.9 Å². The van der Waals surface area contributed by atoms with Gasteiger partial charge in [-0.05, 0) is 45.4 Å². The van der Waals surface area contributed by atoms with Gasteiger partial charge >= 0.3 is 12.1 Å². The number of carbonyl (C=O) groups excluding carboxylic acids is 2. The topological polar surface area (TPSA) is 94.2 Å². The molecule has 1 atom stereocenters. The van der Waals surface area contributed by atoms with Gasteiger partial charge in [-0.15, -0.1) is 0 Å². The number of benzene rings is 1. The fourth-order valence-corrected chi connectivity index (χ4v) is 3.09. The van der Waals surface area contributed by atoms with Crippen molar-refractivity contribution in [2.24, 2.45) is 16.6 Å². The molecule has 7 nitrogen and oxygen atoms in total. The lowest BCUT2D eigenvalue weighted by Gasteiger charge is -2.35. The molecule has 0 bridgehead atoms. The van der Waals surface area contributed by atoms with E-state index in [2.05, 4.69) is 4.99 Å².